The van der Waals surface area contributed by atoms with Crippen LogP contribution in [0.3, 0.4) is 0 Å². The van der Waals surface area contributed by atoms with Gasteiger partial charge in [-0.1, -0.05) is 19.1 Å². The third kappa shape index (κ3) is 5.38. The van der Waals surface area contributed by atoms with Gasteiger partial charge in [0.15, 0.2) is 0 Å². The SMILES string of the molecule is CC(C(=O)NCc1ccc(OC(F)(F)F)cc1)C1CNC1.Cl. The molecule has 0 radical (unpaired) electrons. The van der Waals surface area contributed by atoms with Crippen molar-refractivity contribution in [2.45, 2.75) is 19.8 Å². The standard InChI is InChI=1S/C14H17F3N2O2.ClH/c1-9(11-7-18-8-11)13(20)19-6-10-2-4-12(5-3-10)21-14(15,16)17;/h2-5,9,11,18H,6-8H2,1H3,(H,19,20);1H. The van der Waals surface area contributed by atoms with E-state index in [0.29, 0.717) is 5.92 Å². The second kappa shape index (κ2) is 7.69. The number of hydrogen-bond donors (Lipinski definition) is 2. The van der Waals surface area contributed by atoms with Gasteiger partial charge in [0.25, 0.3) is 0 Å². The van der Waals surface area contributed by atoms with E-state index in [9.17, 15) is 18.0 Å². The Morgan fingerprint density at radius 1 is 1.36 bits per heavy atom. The summed E-state index contributed by atoms with van der Waals surface area (Å²) < 4.78 is 39.8. The summed E-state index contributed by atoms with van der Waals surface area (Å²) in [5, 5.41) is 5.90. The van der Waals surface area contributed by atoms with Crippen molar-refractivity contribution in [2.24, 2.45) is 11.8 Å². The third-order valence-electron chi connectivity index (χ3n) is 3.56. The van der Waals surface area contributed by atoms with Crippen molar-refractivity contribution in [1.29, 1.82) is 0 Å². The Kier molecular flexibility index (Phi) is 6.49. The van der Waals surface area contributed by atoms with Crippen LogP contribution in [-0.2, 0) is 11.3 Å². The Balaban J connectivity index is 0.00000242. The smallest absolute Gasteiger partial charge is 0.406 e. The van der Waals surface area contributed by atoms with E-state index in [2.05, 4.69) is 15.4 Å². The van der Waals surface area contributed by atoms with Crippen molar-refractivity contribution in [3.05, 3.63) is 29.8 Å². The first-order valence-corrected chi connectivity index (χ1v) is 6.68. The lowest BCUT2D eigenvalue weighted by molar-refractivity contribution is -0.274. The molecule has 1 amide bonds. The molecule has 0 bridgehead atoms. The second-order valence-corrected chi connectivity index (χ2v) is 5.12. The summed E-state index contributed by atoms with van der Waals surface area (Å²) in [4.78, 5) is 11.9. The fourth-order valence-electron chi connectivity index (χ4n) is 2.04. The number of benzene rings is 1. The summed E-state index contributed by atoms with van der Waals surface area (Å²) in [5.41, 5.74) is 0.719. The molecule has 1 aromatic rings. The first kappa shape index (κ1) is 18.6. The van der Waals surface area contributed by atoms with Crippen molar-refractivity contribution >= 4 is 18.3 Å². The largest absolute Gasteiger partial charge is 0.573 e. The van der Waals surface area contributed by atoms with Crippen LogP contribution in [0.15, 0.2) is 24.3 Å². The number of carbonyl (C=O) groups is 1. The molecule has 8 heteroatoms. The molecule has 1 fully saturated rings. The van der Waals surface area contributed by atoms with Crippen LogP contribution in [0.25, 0.3) is 0 Å². The first-order valence-electron chi connectivity index (χ1n) is 6.68. The average Bonchev–Trinajstić information content (AvgIpc) is 2.33. The van der Waals surface area contributed by atoms with Gasteiger partial charge in [-0.3, -0.25) is 4.79 Å². The molecule has 2 N–H and O–H groups in total. The lowest BCUT2D eigenvalue weighted by atomic mass is 9.88. The molecule has 1 atom stereocenters. The number of amides is 1. The van der Waals surface area contributed by atoms with Gasteiger partial charge in [0, 0.05) is 12.5 Å². The molecule has 1 aliphatic heterocycles. The average molecular weight is 339 g/mol. The van der Waals surface area contributed by atoms with Gasteiger partial charge in [-0.2, -0.15) is 0 Å². The zero-order valence-corrected chi connectivity index (χ0v) is 12.8. The van der Waals surface area contributed by atoms with Gasteiger partial charge in [-0.15, -0.1) is 25.6 Å². The van der Waals surface area contributed by atoms with Crippen molar-refractivity contribution in [3.8, 4) is 5.75 Å². The predicted molar refractivity (Wildman–Crippen MR) is 77.7 cm³/mol. The minimum atomic E-state index is -4.69. The molecule has 0 saturated carbocycles. The van der Waals surface area contributed by atoms with Gasteiger partial charge in [0.05, 0.1) is 0 Å². The molecule has 0 aromatic heterocycles. The van der Waals surface area contributed by atoms with Crippen LogP contribution in [0.1, 0.15) is 12.5 Å². The summed E-state index contributed by atoms with van der Waals surface area (Å²) in [6.45, 7) is 3.85. The molecule has 0 aliphatic carbocycles. The van der Waals surface area contributed by atoms with E-state index >= 15 is 0 Å². The summed E-state index contributed by atoms with van der Waals surface area (Å²) in [6, 6.07) is 5.45. The summed E-state index contributed by atoms with van der Waals surface area (Å²) in [7, 11) is 0. The number of hydrogen-bond acceptors (Lipinski definition) is 3. The van der Waals surface area contributed by atoms with E-state index in [-0.39, 0.29) is 36.5 Å². The van der Waals surface area contributed by atoms with E-state index in [1.54, 1.807) is 0 Å². The van der Waals surface area contributed by atoms with Crippen LogP contribution < -0.4 is 15.4 Å². The van der Waals surface area contributed by atoms with Crippen LogP contribution in [0, 0.1) is 11.8 Å². The fraction of sp³-hybridized carbons (Fsp3) is 0.500. The summed E-state index contributed by atoms with van der Waals surface area (Å²) in [5.74, 6) is -0.0322. The van der Waals surface area contributed by atoms with E-state index < -0.39 is 6.36 Å². The monoisotopic (exact) mass is 338 g/mol. The molecule has 1 saturated heterocycles. The van der Waals surface area contributed by atoms with Gasteiger partial charge >= 0.3 is 6.36 Å². The van der Waals surface area contributed by atoms with Crippen LogP contribution in [-0.4, -0.2) is 25.4 Å². The van der Waals surface area contributed by atoms with Crippen molar-refractivity contribution in [3.63, 3.8) is 0 Å². The number of carbonyl (C=O) groups excluding carboxylic acids is 1. The maximum atomic E-state index is 12.0. The van der Waals surface area contributed by atoms with Crippen LogP contribution in [0.2, 0.25) is 0 Å². The highest BCUT2D eigenvalue weighted by Crippen LogP contribution is 2.22. The van der Waals surface area contributed by atoms with Gasteiger partial charge in [-0.05, 0) is 36.7 Å². The van der Waals surface area contributed by atoms with Gasteiger partial charge in [0.2, 0.25) is 5.91 Å². The number of rotatable bonds is 5. The van der Waals surface area contributed by atoms with E-state index in [4.69, 9.17) is 0 Å². The lowest BCUT2D eigenvalue weighted by Crippen LogP contribution is -2.49. The maximum Gasteiger partial charge on any atom is 0.573 e. The predicted octanol–water partition coefficient (Wildman–Crippen LogP) is 2.48. The molecule has 1 heterocycles. The van der Waals surface area contributed by atoms with Gasteiger partial charge in [-0.25, -0.2) is 0 Å². The quantitative estimate of drug-likeness (QED) is 0.867. The molecule has 22 heavy (non-hydrogen) atoms. The number of ether oxygens (including phenoxy) is 1. The summed E-state index contributed by atoms with van der Waals surface area (Å²) >= 11 is 0. The molecule has 1 unspecified atom stereocenters. The minimum absolute atomic E-state index is 0. The Labute approximate surface area is 132 Å². The van der Waals surface area contributed by atoms with Crippen molar-refractivity contribution in [1.82, 2.24) is 10.6 Å². The molecular weight excluding hydrogens is 321 g/mol. The topological polar surface area (TPSA) is 50.4 Å². The highest BCUT2D eigenvalue weighted by atomic mass is 35.5. The number of nitrogens with one attached hydrogen (secondary N) is 2. The normalized spacial score (nSPS) is 16.2. The molecule has 0 spiro atoms. The molecule has 4 nitrogen and oxygen atoms in total. The van der Waals surface area contributed by atoms with Gasteiger partial charge < -0.3 is 15.4 Å². The Bertz CT molecular complexity index is 490. The molecule has 2 rings (SSSR count). The maximum absolute atomic E-state index is 12.0. The second-order valence-electron chi connectivity index (χ2n) is 5.12. The third-order valence-corrected chi connectivity index (χ3v) is 3.56. The van der Waals surface area contributed by atoms with Crippen LogP contribution in [0.4, 0.5) is 13.2 Å². The molecule has 1 aromatic carbocycles. The Morgan fingerprint density at radius 3 is 2.41 bits per heavy atom. The minimum Gasteiger partial charge on any atom is -0.406 e. The van der Waals surface area contributed by atoms with Gasteiger partial charge in [0.1, 0.15) is 5.75 Å². The Hall–Kier alpha value is -1.47. The van der Waals surface area contributed by atoms with Crippen LogP contribution >= 0.6 is 12.4 Å². The summed E-state index contributed by atoms with van der Waals surface area (Å²) in [6.07, 6.45) is -4.69. The van der Waals surface area contributed by atoms with Crippen molar-refractivity contribution in [2.75, 3.05) is 13.1 Å². The highest BCUT2D eigenvalue weighted by molar-refractivity contribution is 5.85. The van der Waals surface area contributed by atoms with E-state index in [1.807, 2.05) is 6.92 Å². The van der Waals surface area contributed by atoms with E-state index in [1.165, 1.54) is 24.3 Å². The first-order chi connectivity index (χ1) is 9.85. The zero-order valence-electron chi connectivity index (χ0n) is 11.9. The highest BCUT2D eigenvalue weighted by Gasteiger charge is 2.31. The number of alkyl halides is 3. The fourth-order valence-corrected chi connectivity index (χ4v) is 2.04. The number of halogens is 4. The Morgan fingerprint density at radius 2 is 1.95 bits per heavy atom. The zero-order chi connectivity index (χ0) is 15.5. The van der Waals surface area contributed by atoms with Crippen LogP contribution in [0.5, 0.6) is 5.75 Å². The molecule has 124 valence electrons. The lowest BCUT2D eigenvalue weighted by Gasteiger charge is -2.31. The van der Waals surface area contributed by atoms with E-state index in [0.717, 1.165) is 18.7 Å². The molecular formula is C14H18ClF3N2O2. The molecule has 1 aliphatic rings. The van der Waals surface area contributed by atoms with Crippen molar-refractivity contribution < 1.29 is 22.7 Å².